The molecule has 2 aromatic rings. The Labute approximate surface area is 88.3 Å². The number of nitrogens with zero attached hydrogens (tertiary/aromatic N) is 2. The van der Waals surface area contributed by atoms with Crippen LogP contribution in [0.4, 0.5) is 4.39 Å². The lowest BCUT2D eigenvalue weighted by Crippen LogP contribution is -1.99. The third kappa shape index (κ3) is 1.71. The van der Waals surface area contributed by atoms with E-state index in [2.05, 4.69) is 8.75 Å². The number of hydrogen-bond acceptors (Lipinski definition) is 4. The number of aromatic nitrogens is 2. The zero-order valence-corrected chi connectivity index (χ0v) is 8.16. The Balaban J connectivity index is 2.59. The van der Waals surface area contributed by atoms with E-state index in [1.165, 1.54) is 18.2 Å². The summed E-state index contributed by atoms with van der Waals surface area (Å²) >= 11 is 0.751. The summed E-state index contributed by atoms with van der Waals surface area (Å²) in [5, 5.41) is 8.79. The molecule has 0 aliphatic rings. The Hall–Kier alpha value is -1.82. The molecule has 76 valence electrons. The van der Waals surface area contributed by atoms with E-state index in [0.717, 1.165) is 11.7 Å². The van der Waals surface area contributed by atoms with Gasteiger partial charge in [-0.2, -0.15) is 8.75 Å². The van der Waals surface area contributed by atoms with Crippen LogP contribution in [0.3, 0.4) is 0 Å². The minimum Gasteiger partial charge on any atom is -0.476 e. The van der Waals surface area contributed by atoms with E-state index in [0.29, 0.717) is 0 Å². The van der Waals surface area contributed by atoms with Crippen LogP contribution in [0.15, 0.2) is 24.3 Å². The van der Waals surface area contributed by atoms with Crippen LogP contribution in [0.2, 0.25) is 0 Å². The van der Waals surface area contributed by atoms with Gasteiger partial charge in [-0.1, -0.05) is 12.1 Å². The van der Waals surface area contributed by atoms with Gasteiger partial charge in [0.15, 0.2) is 5.69 Å². The van der Waals surface area contributed by atoms with Gasteiger partial charge in [0.1, 0.15) is 11.5 Å². The largest absolute Gasteiger partial charge is 0.476 e. The minimum absolute atomic E-state index is 0.0746. The molecule has 1 heterocycles. The molecule has 1 aromatic carbocycles. The fourth-order valence-electron chi connectivity index (χ4n) is 1.16. The highest BCUT2D eigenvalue weighted by atomic mass is 32.1. The lowest BCUT2D eigenvalue weighted by atomic mass is 10.1. The van der Waals surface area contributed by atoms with Crippen molar-refractivity contribution >= 4 is 17.7 Å². The van der Waals surface area contributed by atoms with Crippen molar-refractivity contribution in [3.63, 3.8) is 0 Å². The first kappa shape index (κ1) is 9.72. The molecule has 0 aliphatic carbocycles. The van der Waals surface area contributed by atoms with Gasteiger partial charge in [-0.15, -0.1) is 0 Å². The van der Waals surface area contributed by atoms with Gasteiger partial charge in [-0.25, -0.2) is 9.18 Å². The molecule has 2 rings (SSSR count). The molecule has 0 radical (unpaired) electrons. The number of carbonyl (C=O) groups is 1. The summed E-state index contributed by atoms with van der Waals surface area (Å²) in [5.41, 5.74) is 0.0133. The lowest BCUT2D eigenvalue weighted by molar-refractivity contribution is 0.0692. The Bertz CT molecular complexity index is 512. The van der Waals surface area contributed by atoms with Crippen LogP contribution in [0.5, 0.6) is 0 Å². The van der Waals surface area contributed by atoms with Gasteiger partial charge in [0.2, 0.25) is 0 Å². The van der Waals surface area contributed by atoms with Crippen LogP contribution in [0, 0.1) is 5.82 Å². The molecule has 0 fully saturated rings. The van der Waals surface area contributed by atoms with Gasteiger partial charge in [0.25, 0.3) is 0 Å². The molecule has 15 heavy (non-hydrogen) atoms. The van der Waals surface area contributed by atoms with E-state index in [1.54, 1.807) is 6.07 Å². The Kier molecular flexibility index (Phi) is 2.42. The Morgan fingerprint density at radius 3 is 2.73 bits per heavy atom. The summed E-state index contributed by atoms with van der Waals surface area (Å²) < 4.78 is 20.7. The van der Waals surface area contributed by atoms with Crippen LogP contribution < -0.4 is 0 Å². The third-order valence-electron chi connectivity index (χ3n) is 1.82. The highest BCUT2D eigenvalue weighted by Gasteiger charge is 2.18. The van der Waals surface area contributed by atoms with Crippen molar-refractivity contribution in [2.45, 2.75) is 0 Å². The van der Waals surface area contributed by atoms with E-state index in [-0.39, 0.29) is 17.0 Å². The second kappa shape index (κ2) is 3.74. The molecule has 4 nitrogen and oxygen atoms in total. The van der Waals surface area contributed by atoms with E-state index in [4.69, 9.17) is 5.11 Å². The van der Waals surface area contributed by atoms with Crippen LogP contribution in [-0.4, -0.2) is 19.8 Å². The van der Waals surface area contributed by atoms with Crippen LogP contribution in [0.1, 0.15) is 10.5 Å². The molecule has 0 amide bonds. The number of benzene rings is 1. The number of rotatable bonds is 2. The van der Waals surface area contributed by atoms with Crippen molar-refractivity contribution in [3.05, 3.63) is 35.8 Å². The predicted molar refractivity (Wildman–Crippen MR) is 52.3 cm³/mol. The summed E-state index contributed by atoms with van der Waals surface area (Å²) in [5.74, 6) is -1.71. The molecular weight excluding hydrogens is 219 g/mol. The molecule has 0 unspecified atom stereocenters. The van der Waals surface area contributed by atoms with Gasteiger partial charge < -0.3 is 5.11 Å². The quantitative estimate of drug-likeness (QED) is 0.847. The molecule has 0 saturated heterocycles. The molecule has 0 atom stereocenters. The maximum absolute atomic E-state index is 13.3. The summed E-state index contributed by atoms with van der Waals surface area (Å²) in [6.45, 7) is 0. The summed E-state index contributed by atoms with van der Waals surface area (Å²) in [7, 11) is 0. The van der Waals surface area contributed by atoms with Crippen LogP contribution in [-0.2, 0) is 0 Å². The van der Waals surface area contributed by atoms with Crippen molar-refractivity contribution < 1.29 is 14.3 Å². The van der Waals surface area contributed by atoms with Crippen molar-refractivity contribution in [1.29, 1.82) is 0 Å². The molecule has 0 saturated carbocycles. The topological polar surface area (TPSA) is 63.1 Å². The first-order valence-corrected chi connectivity index (χ1v) is 4.74. The average molecular weight is 224 g/mol. The van der Waals surface area contributed by atoms with Gasteiger partial charge in [0.05, 0.1) is 11.7 Å². The fraction of sp³-hybridized carbons (Fsp3) is 0. The second-order valence-corrected chi connectivity index (χ2v) is 3.27. The highest BCUT2D eigenvalue weighted by Crippen LogP contribution is 2.24. The smallest absolute Gasteiger partial charge is 0.357 e. The normalized spacial score (nSPS) is 10.2. The van der Waals surface area contributed by atoms with E-state index >= 15 is 0 Å². The number of halogens is 1. The molecular formula is C9H5FN2O2S. The molecule has 0 spiro atoms. The monoisotopic (exact) mass is 224 g/mol. The Morgan fingerprint density at radius 2 is 2.07 bits per heavy atom. The van der Waals surface area contributed by atoms with E-state index in [9.17, 15) is 9.18 Å². The number of hydrogen-bond donors (Lipinski definition) is 1. The van der Waals surface area contributed by atoms with Crippen molar-refractivity contribution in [2.75, 3.05) is 0 Å². The second-order valence-electron chi connectivity index (χ2n) is 2.75. The first-order chi connectivity index (χ1) is 7.20. The zero-order chi connectivity index (χ0) is 10.8. The number of carboxylic acid groups (broad SMARTS) is 1. The maximum atomic E-state index is 13.3. The average Bonchev–Trinajstić information content (AvgIpc) is 2.67. The highest BCUT2D eigenvalue weighted by molar-refractivity contribution is 6.99. The molecule has 0 bridgehead atoms. The van der Waals surface area contributed by atoms with Gasteiger partial charge in [-0.05, 0) is 12.1 Å². The number of carboxylic acids is 1. The first-order valence-electron chi connectivity index (χ1n) is 4.01. The van der Waals surface area contributed by atoms with Crippen molar-refractivity contribution in [3.8, 4) is 11.3 Å². The van der Waals surface area contributed by atoms with Gasteiger partial charge in [0, 0.05) is 5.56 Å². The maximum Gasteiger partial charge on any atom is 0.357 e. The fourth-order valence-corrected chi connectivity index (χ4v) is 1.71. The SMILES string of the molecule is O=C(O)c1nsnc1-c1ccccc1F. The van der Waals surface area contributed by atoms with Gasteiger partial charge in [-0.3, -0.25) is 0 Å². The third-order valence-corrected chi connectivity index (χ3v) is 2.35. The summed E-state index contributed by atoms with van der Waals surface area (Å²) in [4.78, 5) is 10.7. The zero-order valence-electron chi connectivity index (χ0n) is 7.35. The predicted octanol–water partition coefficient (Wildman–Crippen LogP) is 2.04. The summed E-state index contributed by atoms with van der Waals surface area (Å²) in [6.07, 6.45) is 0. The van der Waals surface area contributed by atoms with E-state index in [1.807, 2.05) is 0 Å². The van der Waals surface area contributed by atoms with Crippen molar-refractivity contribution in [2.24, 2.45) is 0 Å². The van der Waals surface area contributed by atoms with Gasteiger partial charge >= 0.3 is 5.97 Å². The van der Waals surface area contributed by atoms with Crippen molar-refractivity contribution in [1.82, 2.24) is 8.75 Å². The standard InChI is InChI=1S/C9H5FN2O2S/c10-6-4-2-1-3-5(6)7-8(9(13)14)12-15-11-7/h1-4H,(H,13,14). The minimum atomic E-state index is -1.21. The number of aromatic carboxylic acids is 1. The molecule has 0 aliphatic heterocycles. The van der Waals surface area contributed by atoms with Crippen LogP contribution in [0.25, 0.3) is 11.3 Å². The lowest BCUT2D eigenvalue weighted by Gasteiger charge is -1.98. The molecule has 1 aromatic heterocycles. The van der Waals surface area contributed by atoms with E-state index < -0.39 is 11.8 Å². The Morgan fingerprint density at radius 1 is 1.33 bits per heavy atom. The van der Waals surface area contributed by atoms with Crippen LogP contribution >= 0.6 is 11.7 Å². The summed E-state index contributed by atoms with van der Waals surface area (Å²) in [6, 6.07) is 5.86. The molecule has 1 N–H and O–H groups in total. The molecule has 6 heteroatoms.